The fraction of sp³-hybridized carbons (Fsp3) is 0.786. The molecule has 106 valence electrons. The summed E-state index contributed by atoms with van der Waals surface area (Å²) < 4.78 is 26.1. The van der Waals surface area contributed by atoms with Gasteiger partial charge in [0.05, 0.1) is 11.8 Å². The van der Waals surface area contributed by atoms with Gasteiger partial charge in [0.25, 0.3) is 5.91 Å². The number of carbonyl (C=O) groups is 1. The molecule has 0 radical (unpaired) electrons. The van der Waals surface area contributed by atoms with Gasteiger partial charge in [0.2, 0.25) is 10.0 Å². The highest BCUT2D eigenvalue weighted by Gasteiger charge is 2.72. The van der Waals surface area contributed by atoms with E-state index in [0.717, 1.165) is 19.3 Å². The van der Waals surface area contributed by atoms with E-state index in [-0.39, 0.29) is 28.5 Å². The predicted octanol–water partition coefficient (Wildman–Crippen LogP) is 1.93. The van der Waals surface area contributed by atoms with Gasteiger partial charge >= 0.3 is 0 Å². The van der Waals surface area contributed by atoms with Gasteiger partial charge < -0.3 is 0 Å². The zero-order chi connectivity index (χ0) is 14.1. The third-order valence-electron chi connectivity index (χ3n) is 5.94. The number of carbonyl (C=O) groups excluding carboxylic acids is 1. The van der Waals surface area contributed by atoms with E-state index in [0.29, 0.717) is 5.92 Å². The second-order valence-electron chi connectivity index (χ2n) is 6.76. The number of amides is 1. The first kappa shape index (κ1) is 13.2. The van der Waals surface area contributed by atoms with E-state index in [1.807, 2.05) is 0 Å². The van der Waals surface area contributed by atoms with E-state index >= 15 is 0 Å². The Morgan fingerprint density at radius 2 is 2.05 bits per heavy atom. The molecule has 3 atom stereocenters. The topological polar surface area (TPSA) is 54.5 Å². The lowest BCUT2D eigenvalue weighted by atomic mass is 9.69. The van der Waals surface area contributed by atoms with Crippen LogP contribution in [0.3, 0.4) is 0 Å². The highest BCUT2D eigenvalue weighted by atomic mass is 32.2. The third kappa shape index (κ3) is 1.40. The van der Waals surface area contributed by atoms with E-state index < -0.39 is 10.0 Å². The third-order valence-corrected chi connectivity index (χ3v) is 7.85. The predicted molar refractivity (Wildman–Crippen MR) is 72.8 cm³/mol. The molecule has 3 aliphatic rings. The highest BCUT2D eigenvalue weighted by Crippen LogP contribution is 2.69. The van der Waals surface area contributed by atoms with Crippen LogP contribution in [0.15, 0.2) is 12.2 Å². The smallest absolute Gasteiger partial charge is 0.259 e. The summed E-state index contributed by atoms with van der Waals surface area (Å²) in [7, 11) is -3.45. The summed E-state index contributed by atoms with van der Waals surface area (Å²) in [5.41, 5.74) is -0.191. The van der Waals surface area contributed by atoms with E-state index in [1.54, 1.807) is 13.0 Å². The van der Waals surface area contributed by atoms with Gasteiger partial charge in [-0.1, -0.05) is 19.9 Å². The minimum Gasteiger partial charge on any atom is -0.269 e. The normalized spacial score (nSPS) is 41.9. The fourth-order valence-electron chi connectivity index (χ4n) is 4.80. The number of hydrogen-bond acceptors (Lipinski definition) is 3. The van der Waals surface area contributed by atoms with E-state index in [4.69, 9.17) is 0 Å². The zero-order valence-electron chi connectivity index (χ0n) is 11.7. The Morgan fingerprint density at radius 3 is 2.63 bits per heavy atom. The first-order chi connectivity index (χ1) is 8.76. The molecule has 0 aromatic heterocycles. The number of sulfonamides is 1. The number of allylic oxidation sites excluding steroid dienone is 1. The molecule has 19 heavy (non-hydrogen) atoms. The standard InChI is InChI=1S/C14H21NO3S/c1-4-5-12(16)15-11-8-10-6-7-14(11,13(10,2)3)9-19(15,17)18/h4-5,10-11H,6-9H2,1-3H3/b5-4+/t10-,11-,14-/m1/s1. The van der Waals surface area contributed by atoms with Crippen molar-refractivity contribution in [2.45, 2.75) is 46.1 Å². The number of fused-ring (bicyclic) bond motifs is 1. The van der Waals surface area contributed by atoms with Crippen molar-refractivity contribution in [1.29, 1.82) is 0 Å². The summed E-state index contributed by atoms with van der Waals surface area (Å²) >= 11 is 0. The molecule has 4 nitrogen and oxygen atoms in total. The average Bonchev–Trinajstić information content (AvgIpc) is 2.75. The molecular formula is C14H21NO3S. The van der Waals surface area contributed by atoms with Crippen LogP contribution in [0.25, 0.3) is 0 Å². The van der Waals surface area contributed by atoms with Crippen molar-refractivity contribution >= 4 is 15.9 Å². The average molecular weight is 283 g/mol. The van der Waals surface area contributed by atoms with Crippen molar-refractivity contribution in [3.8, 4) is 0 Å². The molecule has 3 fully saturated rings. The van der Waals surface area contributed by atoms with Crippen LogP contribution in [-0.2, 0) is 14.8 Å². The maximum Gasteiger partial charge on any atom is 0.259 e. The van der Waals surface area contributed by atoms with Crippen molar-refractivity contribution in [3.63, 3.8) is 0 Å². The number of hydrogen-bond donors (Lipinski definition) is 0. The summed E-state index contributed by atoms with van der Waals surface area (Å²) in [6, 6.07) is -0.116. The molecule has 3 rings (SSSR count). The SMILES string of the molecule is C/C=C/C(=O)N1[C@@H]2C[C@H]3CC[C@]2(CS1(=O)=O)C3(C)C. The van der Waals surface area contributed by atoms with Gasteiger partial charge in [-0.05, 0) is 43.6 Å². The summed E-state index contributed by atoms with van der Waals surface area (Å²) in [5.74, 6) is 0.332. The molecule has 2 bridgehead atoms. The highest BCUT2D eigenvalue weighted by molar-refractivity contribution is 7.90. The summed E-state index contributed by atoms with van der Waals surface area (Å²) in [6.07, 6.45) is 5.87. The molecule has 0 unspecified atom stereocenters. The first-order valence-electron chi connectivity index (χ1n) is 6.95. The molecule has 2 aliphatic carbocycles. The molecule has 1 aliphatic heterocycles. The fourth-order valence-corrected chi connectivity index (χ4v) is 7.30. The quantitative estimate of drug-likeness (QED) is 0.691. The Balaban J connectivity index is 2.09. The van der Waals surface area contributed by atoms with Crippen molar-refractivity contribution in [2.24, 2.45) is 16.7 Å². The largest absolute Gasteiger partial charge is 0.269 e. The first-order valence-corrected chi connectivity index (χ1v) is 8.56. The molecule has 0 aromatic carbocycles. The van der Waals surface area contributed by atoms with Gasteiger partial charge in [0.1, 0.15) is 0 Å². The van der Waals surface area contributed by atoms with Gasteiger partial charge in [0, 0.05) is 5.41 Å². The molecular weight excluding hydrogens is 262 g/mol. The maximum absolute atomic E-state index is 12.4. The molecule has 1 heterocycles. The number of rotatable bonds is 1. The molecule has 1 spiro atoms. The Morgan fingerprint density at radius 1 is 1.37 bits per heavy atom. The Bertz CT molecular complexity index is 563. The van der Waals surface area contributed by atoms with Crippen LogP contribution in [0.1, 0.15) is 40.0 Å². The van der Waals surface area contributed by atoms with E-state index in [2.05, 4.69) is 13.8 Å². The second kappa shape index (κ2) is 3.62. The number of nitrogens with zero attached hydrogens (tertiary/aromatic N) is 1. The Kier molecular flexibility index (Phi) is 2.51. The van der Waals surface area contributed by atoms with Crippen LogP contribution in [0.4, 0.5) is 0 Å². The van der Waals surface area contributed by atoms with Gasteiger partial charge in [0.15, 0.2) is 0 Å². The van der Waals surface area contributed by atoms with Crippen molar-refractivity contribution in [1.82, 2.24) is 4.31 Å². The second-order valence-corrected chi connectivity index (χ2v) is 8.60. The summed E-state index contributed by atoms with van der Waals surface area (Å²) in [6.45, 7) is 6.11. The van der Waals surface area contributed by atoms with Crippen molar-refractivity contribution in [3.05, 3.63) is 12.2 Å². The minimum atomic E-state index is -3.45. The zero-order valence-corrected chi connectivity index (χ0v) is 12.5. The molecule has 1 amide bonds. The molecule has 0 aromatic rings. The lowest BCUT2D eigenvalue weighted by Gasteiger charge is -2.36. The van der Waals surface area contributed by atoms with Crippen molar-refractivity contribution in [2.75, 3.05) is 5.75 Å². The minimum absolute atomic E-state index is 0.0235. The molecule has 1 saturated heterocycles. The van der Waals surface area contributed by atoms with Crippen LogP contribution >= 0.6 is 0 Å². The maximum atomic E-state index is 12.4. The van der Waals surface area contributed by atoms with Crippen molar-refractivity contribution < 1.29 is 13.2 Å². The van der Waals surface area contributed by atoms with Gasteiger partial charge in [-0.25, -0.2) is 12.7 Å². The van der Waals surface area contributed by atoms with Crippen LogP contribution in [0, 0.1) is 16.7 Å². The Hall–Kier alpha value is -0.840. The van der Waals surface area contributed by atoms with Crippen LogP contribution < -0.4 is 0 Å². The van der Waals surface area contributed by atoms with E-state index in [1.165, 1.54) is 10.4 Å². The van der Waals surface area contributed by atoms with Crippen LogP contribution in [-0.4, -0.2) is 30.4 Å². The lowest BCUT2D eigenvalue weighted by molar-refractivity contribution is -0.124. The summed E-state index contributed by atoms with van der Waals surface area (Å²) in [5, 5.41) is 0. The molecule has 0 N–H and O–H groups in total. The van der Waals surface area contributed by atoms with E-state index in [9.17, 15) is 13.2 Å². The summed E-state index contributed by atoms with van der Waals surface area (Å²) in [4.78, 5) is 12.1. The lowest BCUT2D eigenvalue weighted by Crippen LogP contribution is -2.43. The Labute approximate surface area is 114 Å². The van der Waals surface area contributed by atoms with Crippen LogP contribution in [0.2, 0.25) is 0 Å². The molecule has 5 heteroatoms. The monoisotopic (exact) mass is 283 g/mol. The van der Waals surface area contributed by atoms with Gasteiger partial charge in [-0.3, -0.25) is 4.79 Å². The van der Waals surface area contributed by atoms with Crippen LogP contribution in [0.5, 0.6) is 0 Å². The van der Waals surface area contributed by atoms with Gasteiger partial charge in [-0.2, -0.15) is 0 Å². The molecule has 2 saturated carbocycles. The van der Waals surface area contributed by atoms with Gasteiger partial charge in [-0.15, -0.1) is 0 Å².